The zero-order valence-electron chi connectivity index (χ0n) is 17.9. The highest BCUT2D eigenvalue weighted by atomic mass is 35.5. The van der Waals surface area contributed by atoms with E-state index in [0.717, 1.165) is 21.6 Å². The van der Waals surface area contributed by atoms with Gasteiger partial charge in [-0.1, -0.05) is 47.5 Å². The summed E-state index contributed by atoms with van der Waals surface area (Å²) in [6.45, 7) is 3.79. The van der Waals surface area contributed by atoms with Crippen LogP contribution in [0.25, 0.3) is 16.5 Å². The number of aryl methyl sites for hydroxylation is 1. The average Bonchev–Trinajstić information content (AvgIpc) is 3.20. The van der Waals surface area contributed by atoms with Crippen molar-refractivity contribution in [1.29, 1.82) is 0 Å². The van der Waals surface area contributed by atoms with Gasteiger partial charge >= 0.3 is 5.97 Å². The normalized spacial score (nSPS) is 10.9. The summed E-state index contributed by atoms with van der Waals surface area (Å²) in [6, 6.07) is 14.2. The lowest BCUT2D eigenvalue weighted by Crippen LogP contribution is -2.25. The number of carbonyl (C=O) groups is 2. The van der Waals surface area contributed by atoms with Gasteiger partial charge in [0.2, 0.25) is 5.91 Å². The number of carbonyl (C=O) groups excluding carboxylic acids is 2. The number of amides is 1. The summed E-state index contributed by atoms with van der Waals surface area (Å²) in [7, 11) is 0. The predicted molar refractivity (Wildman–Crippen MR) is 130 cm³/mol. The molecule has 0 spiro atoms. The maximum absolute atomic E-state index is 13.4. The largest absolute Gasteiger partial charge is 0.461 e. The fraction of sp³-hybridized carbons (Fsp3) is 0.167. The first-order valence-electron chi connectivity index (χ1n) is 10.2. The molecule has 1 N–H and O–H groups in total. The van der Waals surface area contributed by atoms with Gasteiger partial charge in [-0.15, -0.1) is 11.3 Å². The number of ether oxygens (including phenoxy) is 1. The van der Waals surface area contributed by atoms with E-state index < -0.39 is 11.5 Å². The van der Waals surface area contributed by atoms with Crippen molar-refractivity contribution < 1.29 is 14.3 Å². The van der Waals surface area contributed by atoms with Gasteiger partial charge in [-0.25, -0.2) is 4.79 Å². The smallest absolute Gasteiger partial charge is 0.359 e. The lowest BCUT2D eigenvalue weighted by molar-refractivity contribution is -0.115. The lowest BCUT2D eigenvalue weighted by Gasteiger charge is -2.10. The summed E-state index contributed by atoms with van der Waals surface area (Å²) in [6.07, 6.45) is 0.0427. The molecule has 4 aromatic rings. The van der Waals surface area contributed by atoms with Gasteiger partial charge < -0.3 is 10.1 Å². The number of esters is 1. The third-order valence-corrected chi connectivity index (χ3v) is 6.23. The number of aromatic nitrogens is 2. The third-order valence-electron chi connectivity index (χ3n) is 4.96. The van der Waals surface area contributed by atoms with E-state index in [0.29, 0.717) is 26.7 Å². The first-order chi connectivity index (χ1) is 15.9. The Labute approximate surface area is 198 Å². The molecule has 2 aromatic carbocycles. The van der Waals surface area contributed by atoms with Gasteiger partial charge in [-0.3, -0.25) is 9.59 Å². The summed E-state index contributed by atoms with van der Waals surface area (Å²) >= 11 is 7.32. The molecule has 1 amide bonds. The van der Waals surface area contributed by atoms with Gasteiger partial charge in [0.05, 0.1) is 24.1 Å². The van der Waals surface area contributed by atoms with Crippen LogP contribution in [0.5, 0.6) is 0 Å². The molecule has 0 radical (unpaired) electrons. The molecule has 0 saturated heterocycles. The second-order valence-corrected chi connectivity index (χ2v) is 8.58. The van der Waals surface area contributed by atoms with E-state index >= 15 is 0 Å². The van der Waals surface area contributed by atoms with E-state index in [9.17, 15) is 14.4 Å². The minimum absolute atomic E-state index is 0.00915. The summed E-state index contributed by atoms with van der Waals surface area (Å²) in [5.74, 6) is -0.974. The highest BCUT2D eigenvalue weighted by Crippen LogP contribution is 2.31. The molecule has 0 aliphatic heterocycles. The zero-order chi connectivity index (χ0) is 23.5. The van der Waals surface area contributed by atoms with Gasteiger partial charge in [0.15, 0.2) is 5.69 Å². The predicted octanol–water partition coefficient (Wildman–Crippen LogP) is 4.77. The minimum Gasteiger partial charge on any atom is -0.461 e. The summed E-state index contributed by atoms with van der Waals surface area (Å²) < 4.78 is 6.31. The zero-order valence-corrected chi connectivity index (χ0v) is 19.5. The van der Waals surface area contributed by atoms with Crippen LogP contribution in [0.3, 0.4) is 0 Å². The Morgan fingerprint density at radius 3 is 2.58 bits per heavy atom. The van der Waals surface area contributed by atoms with Crippen molar-refractivity contribution in [3.05, 3.63) is 86.1 Å². The van der Waals surface area contributed by atoms with Crippen LogP contribution in [0.2, 0.25) is 5.02 Å². The Balaban J connectivity index is 1.80. The number of hydrogen-bond donors (Lipinski definition) is 1. The standard InChI is InChI=1S/C24H20ClN3O4S/c1-3-32-24(31)21-17-13-33-22(26-19(29)12-15-6-4-5-7-18(15)25)20(17)23(30)28(27-21)16-10-8-14(2)9-11-16/h4-11,13H,3,12H2,1-2H3,(H,26,29). The average molecular weight is 482 g/mol. The van der Waals surface area contributed by atoms with Crippen LogP contribution in [0.4, 0.5) is 5.00 Å². The van der Waals surface area contributed by atoms with E-state index in [4.69, 9.17) is 16.3 Å². The number of hydrogen-bond acceptors (Lipinski definition) is 6. The monoisotopic (exact) mass is 481 g/mol. The fourth-order valence-electron chi connectivity index (χ4n) is 3.34. The summed E-state index contributed by atoms with van der Waals surface area (Å²) in [5.41, 5.74) is 1.74. The first-order valence-corrected chi connectivity index (χ1v) is 11.5. The van der Waals surface area contributed by atoms with Crippen molar-refractivity contribution in [2.24, 2.45) is 0 Å². The van der Waals surface area contributed by atoms with Gasteiger partial charge in [-0.05, 0) is 37.6 Å². The van der Waals surface area contributed by atoms with Crippen LogP contribution in [-0.2, 0) is 16.0 Å². The molecule has 0 unspecified atom stereocenters. The number of nitrogens with zero attached hydrogens (tertiary/aromatic N) is 2. The number of anilines is 1. The highest BCUT2D eigenvalue weighted by molar-refractivity contribution is 7.16. The van der Waals surface area contributed by atoms with Gasteiger partial charge in [0.25, 0.3) is 5.56 Å². The van der Waals surface area contributed by atoms with E-state index in [1.54, 1.807) is 48.7 Å². The van der Waals surface area contributed by atoms with Crippen LogP contribution >= 0.6 is 22.9 Å². The molecule has 0 bridgehead atoms. The van der Waals surface area contributed by atoms with E-state index in [-0.39, 0.29) is 30.0 Å². The maximum atomic E-state index is 13.4. The van der Waals surface area contributed by atoms with Crippen molar-refractivity contribution in [2.45, 2.75) is 20.3 Å². The second kappa shape index (κ2) is 9.56. The van der Waals surface area contributed by atoms with Crippen LogP contribution in [-0.4, -0.2) is 28.3 Å². The van der Waals surface area contributed by atoms with Crippen molar-refractivity contribution >= 4 is 50.6 Å². The molecular weight excluding hydrogens is 462 g/mol. The molecular formula is C24H20ClN3O4S. The molecule has 4 rings (SSSR count). The van der Waals surface area contributed by atoms with Crippen molar-refractivity contribution in [1.82, 2.24) is 9.78 Å². The number of rotatable bonds is 6. The quantitative estimate of drug-likeness (QED) is 0.401. The highest BCUT2D eigenvalue weighted by Gasteiger charge is 2.23. The minimum atomic E-state index is -0.643. The molecule has 33 heavy (non-hydrogen) atoms. The molecule has 2 heterocycles. The summed E-state index contributed by atoms with van der Waals surface area (Å²) in [5, 5.41) is 10.1. The van der Waals surface area contributed by atoms with E-state index in [1.807, 2.05) is 19.1 Å². The number of thiophene rings is 1. The van der Waals surface area contributed by atoms with Crippen LogP contribution in [0.15, 0.2) is 58.7 Å². The summed E-state index contributed by atoms with van der Waals surface area (Å²) in [4.78, 5) is 38.7. The number of benzene rings is 2. The molecule has 0 atom stereocenters. The Bertz CT molecular complexity index is 1410. The Morgan fingerprint density at radius 2 is 1.88 bits per heavy atom. The second-order valence-electron chi connectivity index (χ2n) is 7.29. The first kappa shape index (κ1) is 22.7. The van der Waals surface area contributed by atoms with Crippen molar-refractivity contribution in [2.75, 3.05) is 11.9 Å². The molecule has 9 heteroatoms. The third kappa shape index (κ3) is 4.67. The van der Waals surface area contributed by atoms with E-state index in [1.165, 1.54) is 0 Å². The molecule has 0 fully saturated rings. The molecule has 0 aliphatic carbocycles. The fourth-order valence-corrected chi connectivity index (χ4v) is 4.49. The van der Waals surface area contributed by atoms with Crippen LogP contribution < -0.4 is 10.9 Å². The number of halogens is 1. The van der Waals surface area contributed by atoms with Crippen LogP contribution in [0.1, 0.15) is 28.5 Å². The maximum Gasteiger partial charge on any atom is 0.359 e. The number of fused-ring (bicyclic) bond motifs is 1. The molecule has 0 aliphatic rings. The molecule has 0 saturated carbocycles. The number of nitrogens with one attached hydrogen (secondary N) is 1. The Kier molecular flexibility index (Phi) is 6.57. The van der Waals surface area contributed by atoms with E-state index in [2.05, 4.69) is 10.4 Å². The molecule has 2 aromatic heterocycles. The van der Waals surface area contributed by atoms with Gasteiger partial charge in [-0.2, -0.15) is 9.78 Å². The van der Waals surface area contributed by atoms with Crippen LogP contribution in [0, 0.1) is 6.92 Å². The molecule has 168 valence electrons. The Morgan fingerprint density at radius 1 is 1.15 bits per heavy atom. The van der Waals surface area contributed by atoms with Gasteiger partial charge in [0, 0.05) is 15.8 Å². The lowest BCUT2D eigenvalue weighted by atomic mass is 10.1. The van der Waals surface area contributed by atoms with Crippen molar-refractivity contribution in [3.8, 4) is 5.69 Å². The van der Waals surface area contributed by atoms with Gasteiger partial charge in [0.1, 0.15) is 5.00 Å². The topological polar surface area (TPSA) is 90.3 Å². The Hall–Kier alpha value is -3.49. The molecule has 7 nitrogen and oxygen atoms in total. The van der Waals surface area contributed by atoms with Crippen molar-refractivity contribution in [3.63, 3.8) is 0 Å². The SMILES string of the molecule is CCOC(=O)c1nn(-c2ccc(C)cc2)c(=O)c2c(NC(=O)Cc3ccccc3Cl)scc12.